The number of halogens is 2. The van der Waals surface area contributed by atoms with Crippen molar-refractivity contribution in [2.75, 3.05) is 0 Å². The Labute approximate surface area is 188 Å². The van der Waals surface area contributed by atoms with E-state index in [-0.39, 0.29) is 11.6 Å². The second-order valence-corrected chi connectivity index (χ2v) is 8.16. The number of pyridine rings is 1. The molecule has 3 aromatic carbocycles. The summed E-state index contributed by atoms with van der Waals surface area (Å²) < 4.78 is 2.02. The van der Waals surface area contributed by atoms with E-state index in [0.29, 0.717) is 10.0 Å². The molecule has 1 N–H and O–H groups in total. The minimum absolute atomic E-state index is 0.171. The maximum absolute atomic E-state index is 12.7. The standard InChI is InChI=1S/C25H17Cl2N3O/c26-18-9-7-16(8-10-18)25(30-12-11-28-15-30)21-6-2-5-20-22(14-23(31)29-24(20)21)17-3-1-4-19(27)13-17/h1-15,25H,(H,29,31). The van der Waals surface area contributed by atoms with Gasteiger partial charge >= 0.3 is 0 Å². The van der Waals surface area contributed by atoms with E-state index in [9.17, 15) is 4.79 Å². The van der Waals surface area contributed by atoms with Gasteiger partial charge in [0.25, 0.3) is 0 Å². The molecule has 6 heteroatoms. The van der Waals surface area contributed by atoms with Crippen LogP contribution in [0.1, 0.15) is 17.2 Å². The normalized spacial score (nSPS) is 12.2. The zero-order valence-electron chi connectivity index (χ0n) is 16.3. The molecule has 2 heterocycles. The lowest BCUT2D eigenvalue weighted by molar-refractivity contribution is 0.680. The summed E-state index contributed by atoms with van der Waals surface area (Å²) in [4.78, 5) is 20.0. The van der Waals surface area contributed by atoms with Gasteiger partial charge in [0.05, 0.1) is 17.9 Å². The molecule has 1 atom stereocenters. The van der Waals surface area contributed by atoms with E-state index in [1.54, 1.807) is 18.6 Å². The summed E-state index contributed by atoms with van der Waals surface area (Å²) >= 11 is 12.3. The predicted molar refractivity (Wildman–Crippen MR) is 126 cm³/mol. The van der Waals surface area contributed by atoms with Gasteiger partial charge < -0.3 is 9.55 Å². The van der Waals surface area contributed by atoms with Crippen LogP contribution in [0.25, 0.3) is 22.0 Å². The Morgan fingerprint density at radius 1 is 0.903 bits per heavy atom. The molecular weight excluding hydrogens is 429 g/mol. The SMILES string of the molecule is O=c1cc(-c2cccc(Cl)c2)c2cccc(C(c3ccc(Cl)cc3)n3ccnc3)c2[nH]1. The summed E-state index contributed by atoms with van der Waals surface area (Å²) in [5, 5.41) is 2.24. The fourth-order valence-electron chi connectivity index (χ4n) is 4.00. The van der Waals surface area contributed by atoms with Gasteiger partial charge in [0.15, 0.2) is 0 Å². The Hall–Kier alpha value is -3.34. The molecule has 0 spiro atoms. The lowest BCUT2D eigenvalue weighted by Crippen LogP contribution is -2.14. The van der Waals surface area contributed by atoms with E-state index < -0.39 is 0 Å². The van der Waals surface area contributed by atoms with Crippen molar-refractivity contribution in [1.29, 1.82) is 0 Å². The third-order valence-electron chi connectivity index (χ3n) is 5.35. The number of imidazole rings is 1. The summed E-state index contributed by atoms with van der Waals surface area (Å²) in [6.07, 6.45) is 5.43. The largest absolute Gasteiger partial charge is 0.326 e. The van der Waals surface area contributed by atoms with Crippen molar-refractivity contribution in [3.05, 3.63) is 123 Å². The van der Waals surface area contributed by atoms with E-state index in [2.05, 4.69) is 9.97 Å². The lowest BCUT2D eigenvalue weighted by Gasteiger charge is -2.22. The van der Waals surface area contributed by atoms with Crippen molar-refractivity contribution in [2.24, 2.45) is 0 Å². The molecule has 5 rings (SSSR count). The van der Waals surface area contributed by atoms with E-state index in [1.807, 2.05) is 77.5 Å². The number of fused-ring (bicyclic) bond motifs is 1. The summed E-state index contributed by atoms with van der Waals surface area (Å²) in [7, 11) is 0. The zero-order valence-corrected chi connectivity index (χ0v) is 17.8. The number of H-pyrrole nitrogens is 1. The molecule has 1 unspecified atom stereocenters. The van der Waals surface area contributed by atoms with Crippen LogP contribution >= 0.6 is 23.2 Å². The van der Waals surface area contributed by atoms with E-state index in [0.717, 1.165) is 33.2 Å². The molecule has 0 amide bonds. The second kappa shape index (κ2) is 8.06. The Morgan fingerprint density at radius 2 is 1.71 bits per heavy atom. The number of benzene rings is 3. The van der Waals surface area contributed by atoms with Crippen LogP contribution in [0.5, 0.6) is 0 Å². The first-order valence-electron chi connectivity index (χ1n) is 9.75. The van der Waals surface area contributed by atoms with Crippen LogP contribution in [0.15, 0.2) is 96.3 Å². The smallest absolute Gasteiger partial charge is 0.249 e. The van der Waals surface area contributed by atoms with Crippen molar-refractivity contribution < 1.29 is 0 Å². The number of aromatic nitrogens is 3. The molecule has 0 fully saturated rings. The average Bonchev–Trinajstić information content (AvgIpc) is 3.29. The number of hydrogen-bond acceptors (Lipinski definition) is 2. The maximum atomic E-state index is 12.7. The van der Waals surface area contributed by atoms with Gasteiger partial charge in [-0.2, -0.15) is 0 Å². The number of aromatic amines is 1. The first-order chi connectivity index (χ1) is 15.1. The highest BCUT2D eigenvalue weighted by atomic mass is 35.5. The second-order valence-electron chi connectivity index (χ2n) is 7.29. The van der Waals surface area contributed by atoms with Crippen molar-refractivity contribution in [3.8, 4) is 11.1 Å². The molecule has 0 saturated heterocycles. The highest BCUT2D eigenvalue weighted by Gasteiger charge is 2.20. The average molecular weight is 446 g/mol. The molecule has 152 valence electrons. The highest BCUT2D eigenvalue weighted by molar-refractivity contribution is 6.31. The van der Waals surface area contributed by atoms with Crippen molar-refractivity contribution in [3.63, 3.8) is 0 Å². The monoisotopic (exact) mass is 445 g/mol. The molecule has 0 aliphatic carbocycles. The van der Waals surface area contributed by atoms with Gasteiger partial charge in [-0.15, -0.1) is 0 Å². The van der Waals surface area contributed by atoms with Gasteiger partial charge in [0.1, 0.15) is 0 Å². The van der Waals surface area contributed by atoms with Crippen LogP contribution in [0.3, 0.4) is 0 Å². The molecule has 2 aromatic heterocycles. The summed E-state index contributed by atoms with van der Waals surface area (Å²) in [5.74, 6) is 0. The lowest BCUT2D eigenvalue weighted by atomic mass is 9.93. The van der Waals surface area contributed by atoms with Gasteiger partial charge in [-0.3, -0.25) is 4.79 Å². The van der Waals surface area contributed by atoms with Crippen LogP contribution in [0.4, 0.5) is 0 Å². The van der Waals surface area contributed by atoms with Crippen LogP contribution < -0.4 is 5.56 Å². The Morgan fingerprint density at radius 3 is 2.45 bits per heavy atom. The van der Waals surface area contributed by atoms with Gasteiger partial charge in [-0.25, -0.2) is 4.98 Å². The first-order valence-corrected chi connectivity index (χ1v) is 10.5. The van der Waals surface area contributed by atoms with E-state index in [1.165, 1.54) is 0 Å². The number of nitrogens with zero attached hydrogens (tertiary/aromatic N) is 2. The molecule has 5 aromatic rings. The third kappa shape index (κ3) is 3.76. The third-order valence-corrected chi connectivity index (χ3v) is 5.84. The molecule has 0 saturated carbocycles. The van der Waals surface area contributed by atoms with Gasteiger partial charge in [0.2, 0.25) is 5.56 Å². The zero-order chi connectivity index (χ0) is 21.4. The minimum Gasteiger partial charge on any atom is -0.326 e. The fourth-order valence-corrected chi connectivity index (χ4v) is 4.32. The van der Waals surface area contributed by atoms with Crippen molar-refractivity contribution in [2.45, 2.75) is 6.04 Å². The van der Waals surface area contributed by atoms with Crippen molar-refractivity contribution >= 4 is 34.1 Å². The number of nitrogens with one attached hydrogen (secondary N) is 1. The summed E-state index contributed by atoms with van der Waals surface area (Å²) in [6.45, 7) is 0. The maximum Gasteiger partial charge on any atom is 0.249 e. The quantitative estimate of drug-likeness (QED) is 0.351. The van der Waals surface area contributed by atoms with Gasteiger partial charge in [-0.05, 0) is 41.0 Å². The van der Waals surface area contributed by atoms with Gasteiger partial charge in [-0.1, -0.05) is 65.7 Å². The summed E-state index contributed by atoms with van der Waals surface area (Å²) in [5.41, 5.74) is 4.33. The molecule has 0 radical (unpaired) electrons. The van der Waals surface area contributed by atoms with Crippen LogP contribution in [0, 0.1) is 0 Å². The minimum atomic E-state index is -0.186. The Kier molecular flexibility index (Phi) is 5.10. The fraction of sp³-hybridized carbons (Fsp3) is 0.0400. The number of para-hydroxylation sites is 1. The van der Waals surface area contributed by atoms with Gasteiger partial charge in [0, 0.05) is 39.5 Å². The van der Waals surface area contributed by atoms with Crippen LogP contribution in [-0.4, -0.2) is 14.5 Å². The van der Waals surface area contributed by atoms with E-state index in [4.69, 9.17) is 23.2 Å². The Bertz CT molecular complexity index is 1420. The van der Waals surface area contributed by atoms with Crippen LogP contribution in [0.2, 0.25) is 10.0 Å². The van der Waals surface area contributed by atoms with Crippen LogP contribution in [-0.2, 0) is 0 Å². The number of rotatable bonds is 4. The molecule has 4 nitrogen and oxygen atoms in total. The van der Waals surface area contributed by atoms with Crippen molar-refractivity contribution in [1.82, 2.24) is 14.5 Å². The Balaban J connectivity index is 1.79. The summed E-state index contributed by atoms with van der Waals surface area (Å²) in [6, 6.07) is 22.7. The topological polar surface area (TPSA) is 50.7 Å². The molecule has 0 bridgehead atoms. The van der Waals surface area contributed by atoms with E-state index >= 15 is 0 Å². The molecule has 31 heavy (non-hydrogen) atoms. The molecule has 0 aliphatic heterocycles. The molecular formula is C25H17Cl2N3O. The number of hydrogen-bond donors (Lipinski definition) is 1. The first kappa shape index (κ1) is 19.6. The highest BCUT2D eigenvalue weighted by Crippen LogP contribution is 2.35. The predicted octanol–water partition coefficient (Wildman–Crippen LogP) is 6.34. The molecule has 0 aliphatic rings.